The van der Waals surface area contributed by atoms with E-state index in [1.54, 1.807) is 4.90 Å². The number of nitrogens with zero attached hydrogens (tertiary/aromatic N) is 1. The molecule has 0 aromatic rings. The monoisotopic (exact) mass is 244 g/mol. The van der Waals surface area contributed by atoms with Crippen molar-refractivity contribution in [2.45, 2.75) is 13.8 Å². The van der Waals surface area contributed by atoms with Crippen molar-refractivity contribution in [2.75, 3.05) is 13.1 Å². The summed E-state index contributed by atoms with van der Waals surface area (Å²) >= 11 is 5.05. The Labute approximate surface area is 89.0 Å². The Bertz CT molecular complexity index is 111. The molecule has 0 radical (unpaired) electrons. The van der Waals surface area contributed by atoms with Crippen molar-refractivity contribution in [1.82, 2.24) is 4.90 Å². The second kappa shape index (κ2) is 8.69. The average Bonchev–Trinajstić information content (AvgIpc) is 1.91. The maximum absolute atomic E-state index is 10.8. The summed E-state index contributed by atoms with van der Waals surface area (Å²) in [6.45, 7) is 5.09. The molecule has 0 atom stereocenters. The third kappa shape index (κ3) is 5.82. The van der Waals surface area contributed by atoms with Crippen LogP contribution in [0.4, 0.5) is 4.79 Å². The van der Waals surface area contributed by atoms with Gasteiger partial charge in [0.1, 0.15) is 0 Å². The van der Waals surface area contributed by atoms with Gasteiger partial charge in [0.2, 0.25) is 0 Å². The molecule has 0 fully saturated rings. The minimum absolute atomic E-state index is 0. The molecule has 0 aliphatic heterocycles. The van der Waals surface area contributed by atoms with Crippen LogP contribution in [0.25, 0.3) is 0 Å². The number of carbonyl (C=O) groups is 1. The van der Waals surface area contributed by atoms with Crippen LogP contribution in [0.15, 0.2) is 0 Å². The fourth-order valence-electron chi connectivity index (χ4n) is 0.564. The summed E-state index contributed by atoms with van der Waals surface area (Å²) < 4.78 is 4.50. The quantitative estimate of drug-likeness (QED) is 0.327. The van der Waals surface area contributed by atoms with Gasteiger partial charge in [-0.05, 0) is 13.8 Å². The minimum Gasteiger partial charge on any atom is -0.675 e. The van der Waals surface area contributed by atoms with Crippen LogP contribution in [0.2, 0.25) is 0 Å². The molecule has 0 saturated heterocycles. The second-order valence-electron chi connectivity index (χ2n) is 1.59. The molecule has 0 unspecified atom stereocenters. The zero-order valence-corrected chi connectivity index (χ0v) is 11.3. The second-order valence-corrected chi connectivity index (χ2v) is 2.30. The molecule has 0 spiro atoms. The van der Waals surface area contributed by atoms with Crippen molar-refractivity contribution in [3.8, 4) is 0 Å². The van der Waals surface area contributed by atoms with Gasteiger partial charge < -0.3 is 20.7 Å². The molecule has 0 aliphatic carbocycles. The third-order valence-electron chi connectivity index (χ3n) is 1.13. The Morgan fingerprint density at radius 1 is 1.55 bits per heavy atom. The Morgan fingerprint density at radius 3 is 2.27 bits per heavy atom. The SMILES string of the molecule is CCN(CC)C(=O)OS[S-].[Zn]. The number of rotatable bonds is 3. The standard InChI is InChI=1S/C5H11NO2S2.Zn/c1-3-6(4-2)5(7)8-10-9;/h9H,3-4H2,1-2H3;/p-1. The van der Waals surface area contributed by atoms with Gasteiger partial charge in [-0.15, -0.1) is 11.1 Å². The van der Waals surface area contributed by atoms with Crippen LogP contribution in [0.3, 0.4) is 0 Å². The molecule has 0 aliphatic rings. The van der Waals surface area contributed by atoms with Crippen LogP contribution >= 0.6 is 11.1 Å². The molecule has 1 amide bonds. The van der Waals surface area contributed by atoms with Crippen LogP contribution in [-0.2, 0) is 35.3 Å². The molecular formula is C5H10NO2S2Zn-. The van der Waals surface area contributed by atoms with E-state index in [2.05, 4.69) is 15.8 Å². The van der Waals surface area contributed by atoms with E-state index in [9.17, 15) is 4.79 Å². The topological polar surface area (TPSA) is 29.5 Å². The van der Waals surface area contributed by atoms with Gasteiger partial charge in [-0.25, -0.2) is 4.79 Å². The largest absolute Gasteiger partial charge is 0.675 e. The van der Waals surface area contributed by atoms with Crippen LogP contribution in [0, 0.1) is 0 Å². The van der Waals surface area contributed by atoms with Gasteiger partial charge >= 0.3 is 6.09 Å². The predicted molar refractivity (Wildman–Crippen MR) is 44.4 cm³/mol. The molecule has 0 saturated carbocycles. The molecule has 0 bridgehead atoms. The Kier molecular flexibility index (Phi) is 11.2. The van der Waals surface area contributed by atoms with E-state index in [1.807, 2.05) is 13.8 Å². The van der Waals surface area contributed by atoms with Crippen molar-refractivity contribution in [3.05, 3.63) is 0 Å². The molecule has 0 aromatic carbocycles. The Hall–Kier alpha value is 0.593. The summed E-state index contributed by atoms with van der Waals surface area (Å²) in [5, 5.41) is 0. The molecule has 3 nitrogen and oxygen atoms in total. The van der Waals surface area contributed by atoms with Crippen LogP contribution in [0.1, 0.15) is 13.8 Å². The molecule has 0 heterocycles. The van der Waals surface area contributed by atoms with Crippen LogP contribution < -0.4 is 0 Å². The number of amides is 1. The maximum atomic E-state index is 10.8. The third-order valence-corrected chi connectivity index (χ3v) is 1.54. The van der Waals surface area contributed by atoms with Crippen molar-refractivity contribution < 1.29 is 28.5 Å². The smallest absolute Gasteiger partial charge is 0.420 e. The van der Waals surface area contributed by atoms with E-state index in [1.165, 1.54) is 0 Å². The number of hydrogen-bond donors (Lipinski definition) is 0. The first kappa shape index (κ1) is 14.1. The molecule has 62 valence electrons. The van der Waals surface area contributed by atoms with Gasteiger partial charge in [0.05, 0.1) is 0 Å². The van der Waals surface area contributed by atoms with Gasteiger partial charge in [-0.2, -0.15) is 0 Å². The molecule has 0 rings (SSSR count). The summed E-state index contributed by atoms with van der Waals surface area (Å²) in [4.78, 5) is 12.4. The maximum Gasteiger partial charge on any atom is 0.420 e. The van der Waals surface area contributed by atoms with E-state index in [0.29, 0.717) is 24.2 Å². The van der Waals surface area contributed by atoms with E-state index >= 15 is 0 Å². The van der Waals surface area contributed by atoms with Gasteiger partial charge in [0.15, 0.2) is 0 Å². The normalized spacial score (nSPS) is 8.27. The van der Waals surface area contributed by atoms with Crippen LogP contribution in [0.5, 0.6) is 0 Å². The molecule has 11 heavy (non-hydrogen) atoms. The van der Waals surface area contributed by atoms with E-state index < -0.39 is 0 Å². The van der Waals surface area contributed by atoms with Gasteiger partial charge in [0, 0.05) is 32.6 Å². The fraction of sp³-hybridized carbons (Fsp3) is 0.800. The van der Waals surface area contributed by atoms with Crippen molar-refractivity contribution in [1.29, 1.82) is 0 Å². The minimum atomic E-state index is -0.356. The van der Waals surface area contributed by atoms with Gasteiger partial charge in [0.25, 0.3) is 0 Å². The average molecular weight is 246 g/mol. The Balaban J connectivity index is 0. The van der Waals surface area contributed by atoms with Crippen molar-refractivity contribution in [2.24, 2.45) is 0 Å². The van der Waals surface area contributed by atoms with E-state index in [0.717, 1.165) is 0 Å². The van der Waals surface area contributed by atoms with E-state index in [4.69, 9.17) is 0 Å². The zero-order chi connectivity index (χ0) is 7.98. The predicted octanol–water partition coefficient (Wildman–Crippen LogP) is 1.57. The molecule has 0 aromatic heterocycles. The summed E-state index contributed by atoms with van der Waals surface area (Å²) in [6, 6.07) is 0. The summed E-state index contributed by atoms with van der Waals surface area (Å²) in [6.07, 6.45) is -0.356. The summed E-state index contributed by atoms with van der Waals surface area (Å²) in [7, 11) is 0. The number of hydrogen-bond acceptors (Lipinski definition) is 4. The summed E-state index contributed by atoms with van der Waals surface area (Å²) in [5.41, 5.74) is 0. The first-order chi connectivity index (χ1) is 4.76. The van der Waals surface area contributed by atoms with E-state index in [-0.39, 0.29) is 25.6 Å². The fourth-order valence-corrected chi connectivity index (χ4v) is 0.902. The molecule has 6 heteroatoms. The van der Waals surface area contributed by atoms with Crippen molar-refractivity contribution >= 4 is 28.8 Å². The van der Waals surface area contributed by atoms with Gasteiger partial charge in [-0.3, -0.25) is 0 Å². The van der Waals surface area contributed by atoms with Gasteiger partial charge in [-0.1, -0.05) is 0 Å². The summed E-state index contributed by atoms with van der Waals surface area (Å²) in [5.74, 6) is 0. The first-order valence-electron chi connectivity index (χ1n) is 3.01. The number of carbonyl (C=O) groups excluding carboxylic acids is 1. The zero-order valence-electron chi connectivity index (χ0n) is 6.70. The first-order valence-corrected chi connectivity index (χ1v) is 4.68. The van der Waals surface area contributed by atoms with Crippen molar-refractivity contribution in [3.63, 3.8) is 0 Å². The van der Waals surface area contributed by atoms with Crippen LogP contribution in [-0.4, -0.2) is 24.1 Å². The molecular weight excluding hydrogens is 236 g/mol. The Morgan fingerprint density at radius 2 is 2.00 bits per heavy atom. The molecule has 0 N–H and O–H groups in total.